The molecule has 0 fully saturated rings. The van der Waals surface area contributed by atoms with Crippen LogP contribution in [0.15, 0.2) is 60.8 Å². The number of hydrogen-bond donors (Lipinski definition) is 0. The van der Waals surface area contributed by atoms with Crippen molar-refractivity contribution in [3.63, 3.8) is 0 Å². The number of esters is 3. The molecule has 1 unspecified atom stereocenters. The molecule has 0 spiro atoms. The fourth-order valence-corrected chi connectivity index (χ4v) is 6.43. The van der Waals surface area contributed by atoms with E-state index in [4.69, 9.17) is 14.2 Å². The monoisotopic (exact) mass is 797 g/mol. The second kappa shape index (κ2) is 45.8. The minimum atomic E-state index is -0.791. The van der Waals surface area contributed by atoms with E-state index in [1.807, 2.05) is 0 Å². The van der Waals surface area contributed by atoms with Crippen molar-refractivity contribution >= 4 is 17.9 Å². The lowest BCUT2D eigenvalue weighted by molar-refractivity contribution is -0.167. The topological polar surface area (TPSA) is 78.9 Å². The molecular formula is C51H88O6. The summed E-state index contributed by atoms with van der Waals surface area (Å²) in [6, 6.07) is 0. The second-order valence-corrected chi connectivity index (χ2v) is 15.6. The van der Waals surface area contributed by atoms with Crippen molar-refractivity contribution in [1.82, 2.24) is 0 Å². The molecule has 0 amide bonds. The van der Waals surface area contributed by atoms with Gasteiger partial charge in [0.05, 0.1) is 0 Å². The molecular weight excluding hydrogens is 709 g/mol. The second-order valence-electron chi connectivity index (χ2n) is 15.6. The van der Waals surface area contributed by atoms with E-state index in [1.54, 1.807) is 0 Å². The highest BCUT2D eigenvalue weighted by molar-refractivity contribution is 5.71. The van der Waals surface area contributed by atoms with E-state index in [0.29, 0.717) is 19.3 Å². The van der Waals surface area contributed by atoms with Crippen molar-refractivity contribution in [3.8, 4) is 0 Å². The molecule has 0 aliphatic heterocycles. The zero-order chi connectivity index (χ0) is 41.5. The van der Waals surface area contributed by atoms with Gasteiger partial charge >= 0.3 is 17.9 Å². The summed E-state index contributed by atoms with van der Waals surface area (Å²) >= 11 is 0. The summed E-state index contributed by atoms with van der Waals surface area (Å²) in [5.41, 5.74) is 0. The quantitative estimate of drug-likeness (QED) is 0.0265. The van der Waals surface area contributed by atoms with E-state index in [9.17, 15) is 14.4 Å². The minimum Gasteiger partial charge on any atom is -0.462 e. The molecule has 6 heteroatoms. The van der Waals surface area contributed by atoms with Crippen LogP contribution in [0.1, 0.15) is 226 Å². The number of allylic oxidation sites excluding steroid dienone is 10. The molecule has 0 N–H and O–H groups in total. The Morgan fingerprint density at radius 2 is 0.684 bits per heavy atom. The Morgan fingerprint density at radius 1 is 0.368 bits per heavy atom. The van der Waals surface area contributed by atoms with Crippen molar-refractivity contribution in [2.45, 2.75) is 232 Å². The average molecular weight is 797 g/mol. The number of carbonyl (C=O) groups excluding carboxylic acids is 3. The summed E-state index contributed by atoms with van der Waals surface area (Å²) in [4.78, 5) is 37.8. The van der Waals surface area contributed by atoms with Gasteiger partial charge < -0.3 is 14.2 Å². The summed E-state index contributed by atoms with van der Waals surface area (Å²) in [5, 5.41) is 0. The molecule has 0 aromatic heterocycles. The van der Waals surface area contributed by atoms with Gasteiger partial charge in [0.2, 0.25) is 0 Å². The van der Waals surface area contributed by atoms with Crippen LogP contribution in [0.4, 0.5) is 0 Å². The molecule has 0 saturated heterocycles. The first-order valence-corrected chi connectivity index (χ1v) is 23.8. The third kappa shape index (κ3) is 44.1. The van der Waals surface area contributed by atoms with Crippen molar-refractivity contribution in [2.75, 3.05) is 13.2 Å². The molecule has 0 aromatic rings. The van der Waals surface area contributed by atoms with Crippen LogP contribution in [0.2, 0.25) is 0 Å². The molecule has 0 saturated carbocycles. The lowest BCUT2D eigenvalue weighted by atomic mass is 10.0. The zero-order valence-corrected chi connectivity index (χ0v) is 37.3. The maximum atomic E-state index is 12.7. The summed E-state index contributed by atoms with van der Waals surface area (Å²) < 4.78 is 16.7. The molecule has 0 aromatic carbocycles. The summed E-state index contributed by atoms with van der Waals surface area (Å²) in [6.07, 6.45) is 54.9. The molecule has 0 aliphatic rings. The highest BCUT2D eigenvalue weighted by Gasteiger charge is 2.19. The zero-order valence-electron chi connectivity index (χ0n) is 37.3. The van der Waals surface area contributed by atoms with Crippen LogP contribution in [0, 0.1) is 0 Å². The van der Waals surface area contributed by atoms with E-state index < -0.39 is 6.10 Å². The van der Waals surface area contributed by atoms with Crippen LogP contribution >= 0.6 is 0 Å². The molecule has 0 rings (SSSR count). The summed E-state index contributed by atoms with van der Waals surface area (Å²) in [7, 11) is 0. The minimum absolute atomic E-state index is 0.0894. The smallest absolute Gasteiger partial charge is 0.306 e. The van der Waals surface area contributed by atoms with Gasteiger partial charge in [-0.05, 0) is 83.5 Å². The van der Waals surface area contributed by atoms with Gasteiger partial charge in [0.25, 0.3) is 0 Å². The molecule has 1 atom stereocenters. The SMILES string of the molecule is CC/C=C\C/C=C\C/C=C\C/C=C\CCCCC(=O)OCC(COC(=O)CCCCCCCCCCCCCC)OC(=O)CCCCCCC/C=C\CCCCC. The van der Waals surface area contributed by atoms with E-state index in [-0.39, 0.29) is 31.1 Å². The molecule has 328 valence electrons. The van der Waals surface area contributed by atoms with Gasteiger partial charge in [0.1, 0.15) is 13.2 Å². The maximum Gasteiger partial charge on any atom is 0.306 e. The normalized spacial score (nSPS) is 12.5. The Kier molecular flexibility index (Phi) is 43.5. The third-order valence-corrected chi connectivity index (χ3v) is 10.0. The summed E-state index contributed by atoms with van der Waals surface area (Å²) in [6.45, 7) is 6.44. The van der Waals surface area contributed by atoms with Crippen LogP contribution in [-0.4, -0.2) is 37.2 Å². The number of carbonyl (C=O) groups is 3. The fraction of sp³-hybridized carbons (Fsp3) is 0.745. The Balaban J connectivity index is 4.45. The first kappa shape index (κ1) is 54.1. The van der Waals surface area contributed by atoms with E-state index in [0.717, 1.165) is 96.3 Å². The van der Waals surface area contributed by atoms with Crippen LogP contribution in [-0.2, 0) is 28.6 Å². The van der Waals surface area contributed by atoms with E-state index >= 15 is 0 Å². The molecule has 57 heavy (non-hydrogen) atoms. The largest absolute Gasteiger partial charge is 0.462 e. The van der Waals surface area contributed by atoms with Crippen molar-refractivity contribution in [2.24, 2.45) is 0 Å². The Morgan fingerprint density at radius 3 is 1.16 bits per heavy atom. The molecule has 6 nitrogen and oxygen atoms in total. The molecule has 0 radical (unpaired) electrons. The lowest BCUT2D eigenvalue weighted by Crippen LogP contribution is -2.30. The van der Waals surface area contributed by atoms with E-state index in [1.165, 1.54) is 89.9 Å². The fourth-order valence-electron chi connectivity index (χ4n) is 6.43. The third-order valence-electron chi connectivity index (χ3n) is 10.0. The van der Waals surface area contributed by atoms with Crippen LogP contribution in [0.5, 0.6) is 0 Å². The first-order chi connectivity index (χ1) is 28.0. The predicted octanol–water partition coefficient (Wildman–Crippen LogP) is 15.3. The molecule has 0 bridgehead atoms. The van der Waals surface area contributed by atoms with Crippen LogP contribution in [0.25, 0.3) is 0 Å². The van der Waals surface area contributed by atoms with Gasteiger partial charge in [-0.15, -0.1) is 0 Å². The predicted molar refractivity (Wildman–Crippen MR) is 242 cm³/mol. The first-order valence-electron chi connectivity index (χ1n) is 23.8. The van der Waals surface area contributed by atoms with Crippen LogP contribution < -0.4 is 0 Å². The van der Waals surface area contributed by atoms with Gasteiger partial charge in [-0.25, -0.2) is 0 Å². The number of ether oxygens (including phenoxy) is 3. The Hall–Kier alpha value is -2.89. The van der Waals surface area contributed by atoms with Gasteiger partial charge in [0, 0.05) is 19.3 Å². The van der Waals surface area contributed by atoms with Gasteiger partial charge in [-0.3, -0.25) is 14.4 Å². The van der Waals surface area contributed by atoms with Crippen molar-refractivity contribution in [3.05, 3.63) is 60.8 Å². The molecule has 0 heterocycles. The van der Waals surface area contributed by atoms with Gasteiger partial charge in [-0.1, -0.05) is 184 Å². The number of rotatable bonds is 42. The standard InChI is InChI=1S/C51H88O6/c1-4-7-10-13-16-19-22-25-26-27-30-32-35-38-41-44-50(53)56-47-48(57-51(54)45-42-39-36-33-29-24-21-18-15-12-9-6-3)46-55-49(52)43-40-37-34-31-28-23-20-17-14-11-8-5-2/h7,10,16,18-19,21,25-26,30,32,48H,4-6,8-9,11-15,17,20,22-24,27-29,31,33-47H2,1-3H3/b10-7-,19-16-,21-18-,26-25-,32-30-. The number of unbranched alkanes of at least 4 members (excludes halogenated alkanes) is 21. The van der Waals surface area contributed by atoms with Crippen LogP contribution in [0.3, 0.4) is 0 Å². The molecule has 0 aliphatic carbocycles. The van der Waals surface area contributed by atoms with Gasteiger partial charge in [-0.2, -0.15) is 0 Å². The van der Waals surface area contributed by atoms with E-state index in [2.05, 4.69) is 81.5 Å². The lowest BCUT2D eigenvalue weighted by Gasteiger charge is -2.18. The maximum absolute atomic E-state index is 12.7. The summed E-state index contributed by atoms with van der Waals surface area (Å²) in [5.74, 6) is -0.943. The highest BCUT2D eigenvalue weighted by Crippen LogP contribution is 2.14. The van der Waals surface area contributed by atoms with Crippen molar-refractivity contribution < 1.29 is 28.6 Å². The number of hydrogen-bond acceptors (Lipinski definition) is 6. The highest BCUT2D eigenvalue weighted by atomic mass is 16.6. The Labute approximate surface area is 351 Å². The Bertz CT molecular complexity index is 1050. The average Bonchev–Trinajstić information content (AvgIpc) is 3.21. The van der Waals surface area contributed by atoms with Gasteiger partial charge in [0.15, 0.2) is 6.10 Å². The van der Waals surface area contributed by atoms with Crippen molar-refractivity contribution in [1.29, 1.82) is 0 Å².